The molecule has 1 N–H and O–H groups in total. The molecule has 0 amide bonds. The quantitative estimate of drug-likeness (QED) is 0.910. The lowest BCUT2D eigenvalue weighted by Crippen LogP contribution is -2.46. The lowest BCUT2D eigenvalue weighted by molar-refractivity contribution is -0.00530. The molecule has 3 atom stereocenters. The minimum absolute atomic E-state index is 0.00958. The fourth-order valence-electron chi connectivity index (χ4n) is 2.75. The summed E-state index contributed by atoms with van der Waals surface area (Å²) in [6.45, 7) is 7.70. The van der Waals surface area contributed by atoms with E-state index in [-0.39, 0.29) is 24.1 Å². The minimum Gasteiger partial charge on any atom is -0.372 e. The maximum absolute atomic E-state index is 14.1. The third-order valence-corrected chi connectivity index (χ3v) is 3.66. The van der Waals surface area contributed by atoms with Crippen LogP contribution in [0.3, 0.4) is 0 Å². The molecule has 0 spiro atoms. The van der Waals surface area contributed by atoms with Crippen LogP contribution in [0.1, 0.15) is 32.4 Å². The van der Waals surface area contributed by atoms with E-state index in [1.165, 1.54) is 6.07 Å². The fourth-order valence-corrected chi connectivity index (χ4v) is 2.75. The third kappa shape index (κ3) is 3.07. The van der Waals surface area contributed by atoms with Crippen LogP contribution in [0.15, 0.2) is 18.2 Å². The molecule has 0 saturated carbocycles. The van der Waals surface area contributed by atoms with Crippen molar-refractivity contribution >= 4 is 5.69 Å². The Hall–Kier alpha value is -1.13. The normalized spacial score (nSPS) is 25.4. The van der Waals surface area contributed by atoms with Crippen molar-refractivity contribution in [3.05, 3.63) is 29.6 Å². The summed E-state index contributed by atoms with van der Waals surface area (Å²) in [5, 5.41) is 3.13. The highest BCUT2D eigenvalue weighted by atomic mass is 19.1. The molecule has 0 aromatic heterocycles. The molecule has 1 aromatic carbocycles. The Balaban J connectivity index is 2.36. The summed E-state index contributed by atoms with van der Waals surface area (Å²) in [6, 6.07) is 5.29. The Kier molecular flexibility index (Phi) is 4.42. The van der Waals surface area contributed by atoms with Crippen molar-refractivity contribution < 1.29 is 9.13 Å². The molecule has 1 heterocycles. The smallest absolute Gasteiger partial charge is 0.130 e. The van der Waals surface area contributed by atoms with Crippen LogP contribution in [0.4, 0.5) is 10.1 Å². The zero-order valence-electron chi connectivity index (χ0n) is 12.1. The van der Waals surface area contributed by atoms with E-state index in [2.05, 4.69) is 24.1 Å². The highest BCUT2D eigenvalue weighted by Crippen LogP contribution is 2.30. The number of rotatable bonds is 3. The summed E-state index contributed by atoms with van der Waals surface area (Å²) in [6.07, 6.45) is 0.342. The van der Waals surface area contributed by atoms with Crippen LogP contribution in [0.5, 0.6) is 0 Å². The van der Waals surface area contributed by atoms with Crippen LogP contribution >= 0.6 is 0 Å². The van der Waals surface area contributed by atoms with Gasteiger partial charge in [0, 0.05) is 30.4 Å². The zero-order valence-corrected chi connectivity index (χ0v) is 12.1. The molecule has 3 nitrogen and oxygen atoms in total. The van der Waals surface area contributed by atoms with Crippen molar-refractivity contribution in [2.24, 2.45) is 0 Å². The first kappa shape index (κ1) is 14.3. The van der Waals surface area contributed by atoms with Gasteiger partial charge < -0.3 is 15.0 Å². The maximum atomic E-state index is 14.1. The monoisotopic (exact) mass is 266 g/mol. The second kappa shape index (κ2) is 5.88. The number of anilines is 1. The fraction of sp³-hybridized carbons (Fsp3) is 0.600. The molecular weight excluding hydrogens is 243 g/mol. The first-order chi connectivity index (χ1) is 9.02. The predicted octanol–water partition coefficient (Wildman–Crippen LogP) is 2.72. The molecule has 0 bridgehead atoms. The Morgan fingerprint density at radius 3 is 2.53 bits per heavy atom. The van der Waals surface area contributed by atoms with Gasteiger partial charge in [0.05, 0.1) is 12.2 Å². The maximum Gasteiger partial charge on any atom is 0.130 e. The Morgan fingerprint density at radius 2 is 1.95 bits per heavy atom. The van der Waals surface area contributed by atoms with Crippen molar-refractivity contribution in [1.29, 1.82) is 0 Å². The average molecular weight is 266 g/mol. The number of benzene rings is 1. The number of morpholine rings is 1. The molecule has 0 radical (unpaired) electrons. The molecule has 2 rings (SSSR count). The molecule has 1 aromatic rings. The summed E-state index contributed by atoms with van der Waals surface area (Å²) < 4.78 is 19.9. The molecule has 1 fully saturated rings. The van der Waals surface area contributed by atoms with Crippen molar-refractivity contribution in [2.45, 2.75) is 39.0 Å². The van der Waals surface area contributed by atoms with Crippen LogP contribution in [-0.4, -0.2) is 32.3 Å². The Bertz CT molecular complexity index is 428. The van der Waals surface area contributed by atoms with Gasteiger partial charge in [-0.1, -0.05) is 6.07 Å². The molecular formula is C15H23FN2O. The van der Waals surface area contributed by atoms with E-state index in [9.17, 15) is 4.39 Å². The van der Waals surface area contributed by atoms with Gasteiger partial charge in [-0.2, -0.15) is 0 Å². The summed E-state index contributed by atoms with van der Waals surface area (Å²) in [7, 11) is 1.85. The van der Waals surface area contributed by atoms with Gasteiger partial charge in [0.2, 0.25) is 0 Å². The lowest BCUT2D eigenvalue weighted by Gasteiger charge is -2.38. The Morgan fingerprint density at radius 1 is 1.32 bits per heavy atom. The SMILES string of the molecule is CNC(C)c1c(F)cccc1N1C[C@@H](C)O[C@@H](C)C1. The third-order valence-electron chi connectivity index (χ3n) is 3.66. The minimum atomic E-state index is -0.147. The van der Waals surface area contributed by atoms with Crippen LogP contribution in [0.25, 0.3) is 0 Å². The molecule has 106 valence electrons. The topological polar surface area (TPSA) is 24.5 Å². The van der Waals surface area contributed by atoms with E-state index in [0.717, 1.165) is 24.3 Å². The molecule has 4 heteroatoms. The number of ether oxygens (including phenoxy) is 1. The summed E-state index contributed by atoms with van der Waals surface area (Å²) in [5.41, 5.74) is 1.72. The average Bonchev–Trinajstić information content (AvgIpc) is 2.36. The van der Waals surface area contributed by atoms with Gasteiger partial charge in [-0.25, -0.2) is 4.39 Å². The zero-order chi connectivity index (χ0) is 14.0. The van der Waals surface area contributed by atoms with E-state index in [0.29, 0.717) is 0 Å². The number of hydrogen-bond donors (Lipinski definition) is 1. The summed E-state index contributed by atoms with van der Waals surface area (Å²) in [5.74, 6) is -0.147. The van der Waals surface area contributed by atoms with Crippen LogP contribution in [0.2, 0.25) is 0 Å². The van der Waals surface area contributed by atoms with E-state index in [4.69, 9.17) is 4.74 Å². The highest BCUT2D eigenvalue weighted by Gasteiger charge is 2.26. The van der Waals surface area contributed by atoms with E-state index in [1.54, 1.807) is 6.07 Å². The largest absolute Gasteiger partial charge is 0.372 e. The van der Waals surface area contributed by atoms with Gasteiger partial charge in [-0.05, 0) is 40.0 Å². The second-order valence-electron chi connectivity index (χ2n) is 5.35. The molecule has 19 heavy (non-hydrogen) atoms. The van der Waals surface area contributed by atoms with Gasteiger partial charge >= 0.3 is 0 Å². The van der Waals surface area contributed by atoms with Crippen molar-refractivity contribution in [3.63, 3.8) is 0 Å². The number of nitrogens with one attached hydrogen (secondary N) is 1. The predicted molar refractivity (Wildman–Crippen MR) is 76.1 cm³/mol. The standard InChI is InChI=1S/C15H23FN2O/c1-10-8-18(9-11(2)19-10)14-7-5-6-13(16)15(14)12(3)17-4/h5-7,10-12,17H,8-9H2,1-4H3/t10-,11+,12?. The van der Waals surface area contributed by atoms with Gasteiger partial charge in [0.15, 0.2) is 0 Å². The first-order valence-electron chi connectivity index (χ1n) is 6.89. The molecule has 1 aliphatic rings. The van der Waals surface area contributed by atoms with Crippen LogP contribution < -0.4 is 10.2 Å². The molecule has 1 saturated heterocycles. The number of nitrogens with zero attached hydrogens (tertiary/aromatic N) is 1. The van der Waals surface area contributed by atoms with Crippen LogP contribution in [-0.2, 0) is 4.74 Å². The lowest BCUT2D eigenvalue weighted by atomic mass is 10.0. The van der Waals surface area contributed by atoms with Gasteiger partial charge in [0.1, 0.15) is 5.82 Å². The summed E-state index contributed by atoms with van der Waals surface area (Å²) >= 11 is 0. The van der Waals surface area contributed by atoms with Gasteiger partial charge in [0.25, 0.3) is 0 Å². The first-order valence-corrected chi connectivity index (χ1v) is 6.89. The number of hydrogen-bond acceptors (Lipinski definition) is 3. The van der Waals surface area contributed by atoms with E-state index < -0.39 is 0 Å². The van der Waals surface area contributed by atoms with Gasteiger partial charge in [-0.3, -0.25) is 0 Å². The van der Waals surface area contributed by atoms with Crippen LogP contribution in [0, 0.1) is 5.82 Å². The Labute approximate surface area is 114 Å². The second-order valence-corrected chi connectivity index (χ2v) is 5.35. The van der Waals surface area contributed by atoms with E-state index >= 15 is 0 Å². The highest BCUT2D eigenvalue weighted by molar-refractivity contribution is 5.56. The molecule has 0 aliphatic carbocycles. The van der Waals surface area contributed by atoms with E-state index in [1.807, 2.05) is 20.0 Å². The molecule has 1 unspecified atom stereocenters. The van der Waals surface area contributed by atoms with Crippen molar-refractivity contribution in [2.75, 3.05) is 25.0 Å². The van der Waals surface area contributed by atoms with Crippen molar-refractivity contribution in [1.82, 2.24) is 5.32 Å². The summed E-state index contributed by atoms with van der Waals surface area (Å²) in [4.78, 5) is 2.23. The molecule has 1 aliphatic heterocycles. The number of halogens is 1. The van der Waals surface area contributed by atoms with Crippen molar-refractivity contribution in [3.8, 4) is 0 Å². The van der Waals surface area contributed by atoms with Gasteiger partial charge in [-0.15, -0.1) is 0 Å².